The molecule has 1 N–H and O–H groups in total. The van der Waals surface area contributed by atoms with Gasteiger partial charge in [-0.15, -0.1) is 11.3 Å². The topological polar surface area (TPSA) is 24.9 Å². The number of rotatable bonds is 4. The number of thiophene rings is 1. The molecular formula is C17H15FN2S. The maximum Gasteiger partial charge on any atom is 0.131 e. The molecule has 1 aromatic carbocycles. The number of nitrogens with one attached hydrogen (secondary N) is 1. The van der Waals surface area contributed by atoms with E-state index < -0.39 is 0 Å². The van der Waals surface area contributed by atoms with E-state index in [1.54, 1.807) is 17.5 Å². The number of anilines is 1. The summed E-state index contributed by atoms with van der Waals surface area (Å²) >= 11 is 1.54. The molecule has 4 heteroatoms. The summed E-state index contributed by atoms with van der Waals surface area (Å²) in [6.07, 6.45) is 3.61. The molecule has 21 heavy (non-hydrogen) atoms. The minimum atomic E-state index is -0.182. The molecule has 0 atom stereocenters. The zero-order valence-electron chi connectivity index (χ0n) is 11.6. The molecule has 0 aliphatic heterocycles. The maximum absolute atomic E-state index is 13.9. The van der Waals surface area contributed by atoms with Crippen LogP contribution in [0, 0.1) is 12.7 Å². The van der Waals surface area contributed by atoms with E-state index in [-0.39, 0.29) is 5.82 Å². The molecule has 2 heterocycles. The largest absolute Gasteiger partial charge is 0.380 e. The SMILES string of the molecule is Cc1cncc(NCc2ccc(F)c(-c3cccs3)c2)c1. The molecule has 0 saturated heterocycles. The average molecular weight is 298 g/mol. The lowest BCUT2D eigenvalue weighted by atomic mass is 10.1. The number of aromatic nitrogens is 1. The van der Waals surface area contributed by atoms with Crippen molar-refractivity contribution in [3.05, 3.63) is 71.1 Å². The minimum absolute atomic E-state index is 0.182. The Morgan fingerprint density at radius 3 is 2.86 bits per heavy atom. The van der Waals surface area contributed by atoms with Gasteiger partial charge in [-0.05, 0) is 47.7 Å². The van der Waals surface area contributed by atoms with Crippen LogP contribution in [0.5, 0.6) is 0 Å². The summed E-state index contributed by atoms with van der Waals surface area (Å²) in [4.78, 5) is 5.10. The van der Waals surface area contributed by atoms with Crippen LogP contribution in [0.4, 0.5) is 10.1 Å². The number of benzene rings is 1. The molecule has 3 aromatic rings. The second-order valence-electron chi connectivity index (χ2n) is 4.90. The van der Waals surface area contributed by atoms with Gasteiger partial charge < -0.3 is 5.32 Å². The molecule has 0 bridgehead atoms. The van der Waals surface area contributed by atoms with Gasteiger partial charge in [-0.1, -0.05) is 12.1 Å². The van der Waals surface area contributed by atoms with Gasteiger partial charge in [0.05, 0.1) is 5.69 Å². The van der Waals surface area contributed by atoms with Gasteiger partial charge in [0.25, 0.3) is 0 Å². The zero-order valence-corrected chi connectivity index (χ0v) is 12.5. The van der Waals surface area contributed by atoms with E-state index in [1.165, 1.54) is 6.07 Å². The molecule has 3 rings (SSSR count). The van der Waals surface area contributed by atoms with Crippen LogP contribution in [0.15, 0.2) is 54.2 Å². The monoisotopic (exact) mass is 298 g/mol. The first-order chi connectivity index (χ1) is 10.2. The molecule has 0 aliphatic rings. The van der Waals surface area contributed by atoms with Crippen LogP contribution in [0.1, 0.15) is 11.1 Å². The van der Waals surface area contributed by atoms with Crippen LogP contribution in [0.3, 0.4) is 0 Å². The second kappa shape index (κ2) is 6.06. The fourth-order valence-electron chi connectivity index (χ4n) is 2.16. The van der Waals surface area contributed by atoms with E-state index >= 15 is 0 Å². The Morgan fingerprint density at radius 2 is 2.10 bits per heavy atom. The quantitative estimate of drug-likeness (QED) is 0.743. The summed E-state index contributed by atoms with van der Waals surface area (Å²) < 4.78 is 13.9. The second-order valence-corrected chi connectivity index (χ2v) is 5.84. The van der Waals surface area contributed by atoms with Crippen molar-refractivity contribution < 1.29 is 4.39 Å². The molecule has 0 spiro atoms. The summed E-state index contributed by atoms with van der Waals surface area (Å²) in [6.45, 7) is 2.65. The van der Waals surface area contributed by atoms with Gasteiger partial charge in [0.15, 0.2) is 0 Å². The maximum atomic E-state index is 13.9. The van der Waals surface area contributed by atoms with Gasteiger partial charge in [-0.25, -0.2) is 4.39 Å². The van der Waals surface area contributed by atoms with Crippen molar-refractivity contribution in [2.45, 2.75) is 13.5 Å². The molecule has 0 radical (unpaired) electrons. The van der Waals surface area contributed by atoms with Crippen LogP contribution in [-0.4, -0.2) is 4.98 Å². The molecule has 106 valence electrons. The molecule has 0 aliphatic carbocycles. The lowest BCUT2D eigenvalue weighted by Crippen LogP contribution is -2.00. The van der Waals surface area contributed by atoms with Gasteiger partial charge in [-0.2, -0.15) is 0 Å². The number of hydrogen-bond acceptors (Lipinski definition) is 3. The number of hydrogen-bond donors (Lipinski definition) is 1. The average Bonchev–Trinajstić information content (AvgIpc) is 3.00. The highest BCUT2D eigenvalue weighted by atomic mass is 32.1. The Hall–Kier alpha value is -2.20. The third kappa shape index (κ3) is 3.28. The number of halogens is 1. The van der Waals surface area contributed by atoms with Crippen LogP contribution < -0.4 is 5.32 Å². The zero-order chi connectivity index (χ0) is 14.7. The summed E-state index contributed by atoms with van der Waals surface area (Å²) in [6, 6.07) is 11.1. The number of nitrogens with zero attached hydrogens (tertiary/aromatic N) is 1. The van der Waals surface area contributed by atoms with Crippen LogP contribution >= 0.6 is 11.3 Å². The lowest BCUT2D eigenvalue weighted by Gasteiger charge is -2.09. The highest BCUT2D eigenvalue weighted by molar-refractivity contribution is 7.13. The van der Waals surface area contributed by atoms with Crippen molar-refractivity contribution in [2.24, 2.45) is 0 Å². The third-order valence-corrected chi connectivity index (χ3v) is 4.09. The smallest absolute Gasteiger partial charge is 0.131 e. The number of pyridine rings is 1. The summed E-state index contributed by atoms with van der Waals surface area (Å²) in [5.74, 6) is -0.182. The molecule has 0 saturated carbocycles. The van der Waals surface area contributed by atoms with Crippen molar-refractivity contribution in [1.29, 1.82) is 0 Å². The summed E-state index contributed by atoms with van der Waals surface area (Å²) in [5, 5.41) is 5.27. The predicted octanol–water partition coefficient (Wildman–Crippen LogP) is 4.87. The van der Waals surface area contributed by atoms with E-state index in [0.717, 1.165) is 21.7 Å². The Balaban J connectivity index is 1.79. The predicted molar refractivity (Wildman–Crippen MR) is 86.0 cm³/mol. The van der Waals surface area contributed by atoms with Crippen molar-refractivity contribution in [3.8, 4) is 10.4 Å². The van der Waals surface area contributed by atoms with Gasteiger partial charge in [-0.3, -0.25) is 4.98 Å². The van der Waals surface area contributed by atoms with Crippen LogP contribution in [0.2, 0.25) is 0 Å². The highest BCUT2D eigenvalue weighted by Gasteiger charge is 2.07. The Kier molecular flexibility index (Phi) is 3.97. The molecular weight excluding hydrogens is 283 g/mol. The summed E-state index contributed by atoms with van der Waals surface area (Å²) in [5.41, 5.74) is 3.78. The Bertz CT molecular complexity index is 738. The van der Waals surface area contributed by atoms with Gasteiger partial charge in [0.2, 0.25) is 0 Å². The fraction of sp³-hybridized carbons (Fsp3) is 0.118. The number of aryl methyl sites for hydroxylation is 1. The molecule has 0 unspecified atom stereocenters. The van der Waals surface area contributed by atoms with Gasteiger partial charge in [0.1, 0.15) is 5.82 Å². The molecule has 0 amide bonds. The third-order valence-electron chi connectivity index (χ3n) is 3.19. The standard InChI is InChI=1S/C17H15FN2S/c1-12-7-14(11-19-9-12)20-10-13-4-5-16(18)15(8-13)17-3-2-6-21-17/h2-9,11,20H,10H2,1H3. The molecule has 2 aromatic heterocycles. The highest BCUT2D eigenvalue weighted by Crippen LogP contribution is 2.28. The summed E-state index contributed by atoms with van der Waals surface area (Å²) in [7, 11) is 0. The van der Waals surface area contributed by atoms with E-state index in [0.29, 0.717) is 12.1 Å². The van der Waals surface area contributed by atoms with Crippen molar-refractivity contribution >= 4 is 17.0 Å². The first-order valence-electron chi connectivity index (χ1n) is 6.70. The Morgan fingerprint density at radius 1 is 1.19 bits per heavy atom. The van der Waals surface area contributed by atoms with E-state index in [1.807, 2.05) is 48.8 Å². The fourth-order valence-corrected chi connectivity index (χ4v) is 2.90. The Labute approximate surface area is 127 Å². The first-order valence-corrected chi connectivity index (χ1v) is 7.58. The molecule has 0 fully saturated rings. The lowest BCUT2D eigenvalue weighted by molar-refractivity contribution is 0.631. The van der Waals surface area contributed by atoms with E-state index in [4.69, 9.17) is 0 Å². The van der Waals surface area contributed by atoms with Gasteiger partial charge in [0, 0.05) is 29.4 Å². The van der Waals surface area contributed by atoms with Crippen molar-refractivity contribution in [1.82, 2.24) is 4.98 Å². The minimum Gasteiger partial charge on any atom is -0.380 e. The van der Waals surface area contributed by atoms with Crippen LogP contribution in [-0.2, 0) is 6.54 Å². The van der Waals surface area contributed by atoms with Gasteiger partial charge >= 0.3 is 0 Å². The van der Waals surface area contributed by atoms with Crippen molar-refractivity contribution in [2.75, 3.05) is 5.32 Å². The molecule has 2 nitrogen and oxygen atoms in total. The van der Waals surface area contributed by atoms with E-state index in [2.05, 4.69) is 10.3 Å². The van der Waals surface area contributed by atoms with Crippen LogP contribution in [0.25, 0.3) is 10.4 Å². The first kappa shape index (κ1) is 13.8. The van der Waals surface area contributed by atoms with E-state index in [9.17, 15) is 4.39 Å². The normalized spacial score (nSPS) is 10.6. The van der Waals surface area contributed by atoms with Crippen molar-refractivity contribution in [3.63, 3.8) is 0 Å².